The highest BCUT2D eigenvalue weighted by Gasteiger charge is 2.25. The summed E-state index contributed by atoms with van der Waals surface area (Å²) >= 11 is 0. The highest BCUT2D eigenvalue weighted by molar-refractivity contribution is 5.81. The zero-order chi connectivity index (χ0) is 17.6. The minimum absolute atomic E-state index is 0. The van der Waals surface area contributed by atoms with Crippen molar-refractivity contribution in [3.05, 3.63) is 12.7 Å². The summed E-state index contributed by atoms with van der Waals surface area (Å²) in [6.45, 7) is 8.72. The van der Waals surface area contributed by atoms with Gasteiger partial charge < -0.3 is 21.7 Å². The summed E-state index contributed by atoms with van der Waals surface area (Å²) in [5, 5.41) is 0. The van der Waals surface area contributed by atoms with E-state index in [0.717, 1.165) is 11.0 Å². The average Bonchev–Trinajstić information content (AvgIpc) is 2.52. The molecule has 4 heteroatoms. The molecule has 0 aromatic heterocycles. The third-order valence-electron chi connectivity index (χ3n) is 4.78. The van der Waals surface area contributed by atoms with Crippen LogP contribution in [0.25, 0.3) is 0 Å². The van der Waals surface area contributed by atoms with Crippen molar-refractivity contribution in [3.63, 3.8) is 0 Å². The fourth-order valence-corrected chi connectivity index (χ4v) is 2.72. The molecule has 0 heterocycles. The largest absolute Gasteiger partial charge is 1.00 e. The van der Waals surface area contributed by atoms with Crippen LogP contribution in [0.5, 0.6) is 0 Å². The smallest absolute Gasteiger partial charge is 0.334 e. The van der Waals surface area contributed by atoms with E-state index in [1.807, 2.05) is 6.92 Å². The van der Waals surface area contributed by atoms with Crippen LogP contribution in [-0.2, 0) is 9.53 Å². The van der Waals surface area contributed by atoms with Gasteiger partial charge in [-0.1, -0.05) is 71.3 Å². The molecule has 0 aliphatic rings. The molecular formula is C20H40BrNO2. The molecule has 0 aliphatic heterocycles. The number of hydrogen-bond donors (Lipinski definition) is 0. The second kappa shape index (κ2) is 16.1. The van der Waals surface area contributed by atoms with Gasteiger partial charge in [0.2, 0.25) is 6.23 Å². The third kappa shape index (κ3) is 14.0. The molecule has 0 rings (SSSR count). The molecule has 0 spiro atoms. The Morgan fingerprint density at radius 2 is 1.38 bits per heavy atom. The van der Waals surface area contributed by atoms with Gasteiger partial charge in [-0.3, -0.25) is 4.48 Å². The van der Waals surface area contributed by atoms with E-state index < -0.39 is 0 Å². The average molecular weight is 406 g/mol. The summed E-state index contributed by atoms with van der Waals surface area (Å²) in [5.74, 6) is -0.331. The van der Waals surface area contributed by atoms with E-state index in [9.17, 15) is 4.79 Å². The maximum Gasteiger partial charge on any atom is 0.334 e. The lowest BCUT2D eigenvalue weighted by molar-refractivity contribution is -0.932. The van der Waals surface area contributed by atoms with Crippen LogP contribution in [0.15, 0.2) is 12.7 Å². The van der Waals surface area contributed by atoms with Gasteiger partial charge in [-0.15, -0.1) is 0 Å². The highest BCUT2D eigenvalue weighted by Crippen LogP contribution is 2.14. The second-order valence-corrected chi connectivity index (χ2v) is 7.28. The molecule has 0 saturated carbocycles. The number of hydrogen-bond acceptors (Lipinski definition) is 2. The van der Waals surface area contributed by atoms with Gasteiger partial charge in [-0.25, -0.2) is 4.79 Å². The van der Waals surface area contributed by atoms with E-state index in [4.69, 9.17) is 4.74 Å². The van der Waals surface area contributed by atoms with Gasteiger partial charge >= 0.3 is 5.97 Å². The van der Waals surface area contributed by atoms with Crippen molar-refractivity contribution < 1.29 is 31.0 Å². The van der Waals surface area contributed by atoms with E-state index in [1.54, 1.807) is 0 Å². The van der Waals surface area contributed by atoms with Crippen LogP contribution in [0, 0.1) is 0 Å². The van der Waals surface area contributed by atoms with Crippen molar-refractivity contribution >= 4 is 5.97 Å². The van der Waals surface area contributed by atoms with E-state index in [0.29, 0.717) is 0 Å². The molecule has 0 aromatic carbocycles. The molecule has 0 amide bonds. The van der Waals surface area contributed by atoms with Gasteiger partial charge in [-0.05, 0) is 12.8 Å². The minimum atomic E-state index is -0.331. The topological polar surface area (TPSA) is 26.3 Å². The van der Waals surface area contributed by atoms with Crippen LogP contribution in [-0.4, -0.2) is 37.3 Å². The molecule has 144 valence electrons. The van der Waals surface area contributed by atoms with Crippen LogP contribution < -0.4 is 17.0 Å². The Morgan fingerprint density at radius 3 is 1.79 bits per heavy atom. The lowest BCUT2D eigenvalue weighted by atomic mass is 10.1. The van der Waals surface area contributed by atoms with Gasteiger partial charge in [0, 0.05) is 13.0 Å². The van der Waals surface area contributed by atoms with Crippen molar-refractivity contribution in [3.8, 4) is 0 Å². The maximum absolute atomic E-state index is 11.3. The maximum atomic E-state index is 11.3. The van der Waals surface area contributed by atoms with Gasteiger partial charge in [-0.2, -0.15) is 0 Å². The van der Waals surface area contributed by atoms with Gasteiger partial charge in [0.1, 0.15) is 0 Å². The third-order valence-corrected chi connectivity index (χ3v) is 4.78. The molecule has 0 N–H and O–H groups in total. The number of carbonyl (C=O) groups is 1. The van der Waals surface area contributed by atoms with Gasteiger partial charge in [0.25, 0.3) is 0 Å². The molecular weight excluding hydrogens is 366 g/mol. The first-order chi connectivity index (χ1) is 10.9. The van der Waals surface area contributed by atoms with Crippen LogP contribution in [0.3, 0.4) is 0 Å². The lowest BCUT2D eigenvalue weighted by Crippen LogP contribution is -3.00. The van der Waals surface area contributed by atoms with Crippen LogP contribution in [0.4, 0.5) is 0 Å². The highest BCUT2D eigenvalue weighted by atomic mass is 79.9. The molecule has 24 heavy (non-hydrogen) atoms. The Bertz CT molecular complexity index is 319. The fraction of sp³-hybridized carbons (Fsp3) is 0.850. The Balaban J connectivity index is 0. The molecule has 0 radical (unpaired) electrons. The Labute approximate surface area is 161 Å². The SMILES string of the molecule is C=CC(=O)OC(C)[N+](C)(C)CCCCCCCCCCCCC.[Br-]. The van der Waals surface area contributed by atoms with E-state index in [-0.39, 0.29) is 29.2 Å². The second-order valence-electron chi connectivity index (χ2n) is 7.28. The predicted octanol–water partition coefficient (Wildman–Crippen LogP) is 2.45. The van der Waals surface area contributed by atoms with Crippen LogP contribution in [0.2, 0.25) is 0 Å². The number of rotatable bonds is 15. The Hall–Kier alpha value is -0.350. The summed E-state index contributed by atoms with van der Waals surface area (Å²) in [6.07, 6.45) is 16.0. The van der Waals surface area contributed by atoms with E-state index in [1.165, 1.54) is 76.7 Å². The summed E-state index contributed by atoms with van der Waals surface area (Å²) in [7, 11) is 4.24. The molecule has 1 unspecified atom stereocenters. The normalized spacial score (nSPS) is 12.3. The van der Waals surface area contributed by atoms with Crippen LogP contribution in [0.1, 0.15) is 84.5 Å². The van der Waals surface area contributed by atoms with Crippen LogP contribution >= 0.6 is 0 Å². The Kier molecular flexibility index (Phi) is 17.4. The number of carbonyl (C=O) groups excluding carboxylic acids is 1. The van der Waals surface area contributed by atoms with E-state index in [2.05, 4.69) is 27.6 Å². The van der Waals surface area contributed by atoms with Crippen molar-refractivity contribution in [2.45, 2.75) is 90.7 Å². The zero-order valence-electron chi connectivity index (χ0n) is 16.5. The van der Waals surface area contributed by atoms with Gasteiger partial charge in [0.15, 0.2) is 0 Å². The van der Waals surface area contributed by atoms with Crippen molar-refractivity contribution in [1.82, 2.24) is 0 Å². The Morgan fingerprint density at radius 1 is 0.958 bits per heavy atom. The molecule has 1 atom stereocenters. The zero-order valence-corrected chi connectivity index (χ0v) is 18.1. The number of quaternary nitrogens is 1. The van der Waals surface area contributed by atoms with Gasteiger partial charge in [0.05, 0.1) is 20.6 Å². The minimum Gasteiger partial charge on any atom is -1.00 e. The quantitative estimate of drug-likeness (QED) is 0.137. The van der Waals surface area contributed by atoms with E-state index >= 15 is 0 Å². The van der Waals surface area contributed by atoms with Crippen molar-refractivity contribution in [1.29, 1.82) is 0 Å². The first-order valence-corrected chi connectivity index (χ1v) is 9.59. The van der Waals surface area contributed by atoms with Crippen molar-refractivity contribution in [2.75, 3.05) is 20.6 Å². The number of ether oxygens (including phenoxy) is 1. The summed E-state index contributed by atoms with van der Waals surface area (Å²) in [6, 6.07) is 0. The fourth-order valence-electron chi connectivity index (χ4n) is 2.72. The standard InChI is InChI=1S/C20H40NO2.BrH/c1-6-8-9-10-11-12-13-14-15-16-17-18-21(4,5)19(3)23-20(22)7-2;/h7,19H,2,6,8-18H2,1,3-5H3;1H/q+1;/p-1. The predicted molar refractivity (Wildman–Crippen MR) is 99.2 cm³/mol. The molecule has 3 nitrogen and oxygen atoms in total. The monoisotopic (exact) mass is 405 g/mol. The number of halogens is 1. The molecule has 0 fully saturated rings. The summed E-state index contributed by atoms with van der Waals surface area (Å²) in [4.78, 5) is 11.3. The first-order valence-electron chi connectivity index (χ1n) is 9.59. The molecule has 0 aromatic rings. The number of unbranched alkanes of at least 4 members (excludes halogenated alkanes) is 10. The molecule has 0 bridgehead atoms. The van der Waals surface area contributed by atoms with Crippen molar-refractivity contribution in [2.24, 2.45) is 0 Å². The summed E-state index contributed by atoms with van der Waals surface area (Å²) < 4.78 is 6.05. The summed E-state index contributed by atoms with van der Waals surface area (Å²) in [5.41, 5.74) is 0. The molecule has 0 saturated heterocycles. The molecule has 0 aliphatic carbocycles. The first kappa shape index (κ1) is 25.9. The lowest BCUT2D eigenvalue weighted by Gasteiger charge is -2.34. The number of esters is 1. The number of nitrogens with zero attached hydrogens (tertiary/aromatic N) is 1.